The zero-order valence-electron chi connectivity index (χ0n) is 16.6. The lowest BCUT2D eigenvalue weighted by Gasteiger charge is -2.31. The summed E-state index contributed by atoms with van der Waals surface area (Å²) < 4.78 is 39.5. The number of methoxy groups -OCH3 is 1. The molecule has 2 amide bonds. The molecule has 0 radical (unpaired) electrons. The van der Waals surface area contributed by atoms with Crippen molar-refractivity contribution in [2.24, 2.45) is 5.92 Å². The van der Waals surface area contributed by atoms with E-state index in [-0.39, 0.29) is 35.0 Å². The van der Waals surface area contributed by atoms with Crippen molar-refractivity contribution in [3.63, 3.8) is 0 Å². The summed E-state index contributed by atoms with van der Waals surface area (Å²) in [4.78, 5) is 26.6. The zero-order valence-corrected chi connectivity index (χ0v) is 16.6. The van der Waals surface area contributed by atoms with E-state index in [2.05, 4.69) is 10.1 Å². The third-order valence-corrected chi connectivity index (χ3v) is 4.97. The highest BCUT2D eigenvalue weighted by molar-refractivity contribution is 5.92. The van der Waals surface area contributed by atoms with Crippen LogP contribution < -0.4 is 14.8 Å². The number of halogens is 2. The molecular formula is C21H24F2N2O5. The summed E-state index contributed by atoms with van der Waals surface area (Å²) >= 11 is 0. The quantitative estimate of drug-likeness (QED) is 0.707. The topological polar surface area (TPSA) is 81.0 Å². The van der Waals surface area contributed by atoms with Crippen molar-refractivity contribution in [1.82, 2.24) is 10.2 Å². The van der Waals surface area contributed by atoms with Crippen molar-refractivity contribution in [2.75, 3.05) is 26.7 Å². The molecule has 1 N–H and O–H groups in total. The molecule has 1 aromatic carbocycles. The number of benzene rings is 1. The molecule has 1 fully saturated rings. The highest BCUT2D eigenvalue weighted by Crippen LogP contribution is 2.29. The van der Waals surface area contributed by atoms with Crippen molar-refractivity contribution in [2.45, 2.75) is 25.9 Å². The first-order valence-corrected chi connectivity index (χ1v) is 9.70. The van der Waals surface area contributed by atoms with E-state index >= 15 is 0 Å². The first-order chi connectivity index (χ1) is 14.5. The Kier molecular flexibility index (Phi) is 7.26. The number of nitrogens with zero attached hydrogens (tertiary/aromatic N) is 1. The predicted octanol–water partition coefficient (Wildman–Crippen LogP) is 3.10. The van der Waals surface area contributed by atoms with E-state index in [0.29, 0.717) is 32.5 Å². The number of furan rings is 1. The van der Waals surface area contributed by atoms with Crippen LogP contribution in [0.25, 0.3) is 0 Å². The van der Waals surface area contributed by atoms with Crippen LogP contribution in [0.2, 0.25) is 0 Å². The number of carbonyl (C=O) groups is 2. The van der Waals surface area contributed by atoms with Crippen molar-refractivity contribution in [3.05, 3.63) is 47.9 Å². The highest BCUT2D eigenvalue weighted by atomic mass is 19.3. The number of hydrogen-bond acceptors (Lipinski definition) is 5. The number of amides is 2. The van der Waals surface area contributed by atoms with Gasteiger partial charge in [0.25, 0.3) is 5.91 Å². The molecular weight excluding hydrogens is 398 g/mol. The minimum absolute atomic E-state index is 0.0381. The Balaban J connectivity index is 1.50. The molecule has 162 valence electrons. The number of ether oxygens (including phenoxy) is 2. The lowest BCUT2D eigenvalue weighted by atomic mass is 9.96. The molecule has 0 saturated carbocycles. The molecule has 1 saturated heterocycles. The Morgan fingerprint density at radius 1 is 1.30 bits per heavy atom. The number of nitrogens with one attached hydrogen (secondary N) is 1. The van der Waals surface area contributed by atoms with Gasteiger partial charge in [-0.25, -0.2) is 0 Å². The summed E-state index contributed by atoms with van der Waals surface area (Å²) in [5.74, 6) is -0.173. The summed E-state index contributed by atoms with van der Waals surface area (Å²) in [6, 6.07) is 7.94. The summed E-state index contributed by atoms with van der Waals surface area (Å²) in [5.41, 5.74) is 0.812. The van der Waals surface area contributed by atoms with Gasteiger partial charge in [0.2, 0.25) is 5.91 Å². The van der Waals surface area contributed by atoms with Gasteiger partial charge in [-0.2, -0.15) is 8.78 Å². The SMILES string of the molecule is COc1cc(CCNC(=O)C2CCCN(C(=O)c3ccco3)C2)ccc1OC(F)F. The number of piperidine rings is 1. The fourth-order valence-electron chi connectivity index (χ4n) is 3.47. The van der Waals surface area contributed by atoms with Crippen LogP contribution in [0.15, 0.2) is 41.0 Å². The fourth-order valence-corrected chi connectivity index (χ4v) is 3.47. The average molecular weight is 422 g/mol. The number of rotatable bonds is 8. The Hall–Kier alpha value is -3.10. The van der Waals surface area contributed by atoms with Crippen molar-refractivity contribution in [3.8, 4) is 11.5 Å². The molecule has 0 spiro atoms. The largest absolute Gasteiger partial charge is 0.493 e. The first-order valence-electron chi connectivity index (χ1n) is 9.70. The number of carbonyl (C=O) groups excluding carboxylic acids is 2. The van der Waals surface area contributed by atoms with E-state index in [1.807, 2.05) is 0 Å². The second kappa shape index (κ2) is 10.1. The van der Waals surface area contributed by atoms with E-state index in [9.17, 15) is 18.4 Å². The molecule has 1 aromatic heterocycles. The third kappa shape index (κ3) is 5.49. The lowest BCUT2D eigenvalue weighted by Crippen LogP contribution is -2.45. The highest BCUT2D eigenvalue weighted by Gasteiger charge is 2.29. The molecule has 1 aliphatic heterocycles. The Labute approximate surface area is 172 Å². The summed E-state index contributed by atoms with van der Waals surface area (Å²) in [6.45, 7) is -1.62. The summed E-state index contributed by atoms with van der Waals surface area (Å²) in [6.07, 6.45) is 3.40. The van der Waals surface area contributed by atoms with Crippen LogP contribution in [0.5, 0.6) is 11.5 Å². The van der Waals surface area contributed by atoms with Gasteiger partial charge in [0.15, 0.2) is 17.3 Å². The van der Waals surface area contributed by atoms with Gasteiger partial charge in [0, 0.05) is 19.6 Å². The Bertz CT molecular complexity index is 857. The summed E-state index contributed by atoms with van der Waals surface area (Å²) in [7, 11) is 1.37. The maximum Gasteiger partial charge on any atom is 0.387 e. The van der Waals surface area contributed by atoms with Crippen LogP contribution in [0.4, 0.5) is 8.78 Å². The maximum absolute atomic E-state index is 12.5. The average Bonchev–Trinajstić information content (AvgIpc) is 3.28. The maximum atomic E-state index is 12.5. The van der Waals surface area contributed by atoms with Gasteiger partial charge < -0.3 is 24.1 Å². The number of likely N-dealkylation sites (tertiary alicyclic amines) is 1. The van der Waals surface area contributed by atoms with Gasteiger partial charge in [-0.15, -0.1) is 0 Å². The second-order valence-corrected chi connectivity index (χ2v) is 6.97. The van der Waals surface area contributed by atoms with E-state index in [4.69, 9.17) is 9.15 Å². The molecule has 9 heteroatoms. The van der Waals surface area contributed by atoms with E-state index in [0.717, 1.165) is 12.0 Å². The van der Waals surface area contributed by atoms with E-state index in [1.54, 1.807) is 29.2 Å². The van der Waals surface area contributed by atoms with Gasteiger partial charge in [-0.1, -0.05) is 6.07 Å². The molecule has 1 atom stereocenters. The Morgan fingerprint density at radius 2 is 2.13 bits per heavy atom. The van der Waals surface area contributed by atoms with Crippen molar-refractivity contribution >= 4 is 11.8 Å². The minimum atomic E-state index is -2.93. The zero-order chi connectivity index (χ0) is 21.5. The third-order valence-electron chi connectivity index (χ3n) is 4.97. The van der Waals surface area contributed by atoms with Gasteiger partial charge in [-0.05, 0) is 49.1 Å². The number of alkyl halides is 2. The second-order valence-electron chi connectivity index (χ2n) is 6.97. The molecule has 1 aliphatic rings. The smallest absolute Gasteiger partial charge is 0.387 e. The van der Waals surface area contributed by atoms with Gasteiger partial charge in [0.1, 0.15) is 0 Å². The fraction of sp³-hybridized carbons (Fsp3) is 0.429. The van der Waals surface area contributed by atoms with Crippen molar-refractivity contribution < 1.29 is 32.3 Å². The van der Waals surface area contributed by atoms with Crippen molar-refractivity contribution in [1.29, 1.82) is 0 Å². The predicted molar refractivity (Wildman–Crippen MR) is 104 cm³/mol. The number of hydrogen-bond donors (Lipinski definition) is 1. The van der Waals surface area contributed by atoms with Crippen LogP contribution in [0.3, 0.4) is 0 Å². The van der Waals surface area contributed by atoms with E-state index in [1.165, 1.54) is 19.4 Å². The standard InChI is InChI=1S/C21H24F2N2O5/c1-28-18-12-14(6-7-16(18)30-21(22)23)8-9-24-19(26)15-4-2-10-25(13-15)20(27)17-5-3-11-29-17/h3,5-7,11-12,15,21H,2,4,8-10,13H2,1H3,(H,24,26). The molecule has 30 heavy (non-hydrogen) atoms. The normalized spacial score (nSPS) is 16.4. The molecule has 2 heterocycles. The van der Waals surface area contributed by atoms with E-state index < -0.39 is 6.61 Å². The van der Waals surface area contributed by atoms with Crippen LogP contribution in [0, 0.1) is 5.92 Å². The van der Waals surface area contributed by atoms with Gasteiger partial charge >= 0.3 is 6.61 Å². The first kappa shape index (κ1) is 21.6. The minimum Gasteiger partial charge on any atom is -0.493 e. The molecule has 1 unspecified atom stereocenters. The van der Waals surface area contributed by atoms with Crippen LogP contribution >= 0.6 is 0 Å². The molecule has 3 rings (SSSR count). The van der Waals surface area contributed by atoms with Crippen LogP contribution in [-0.2, 0) is 11.2 Å². The monoisotopic (exact) mass is 422 g/mol. The molecule has 0 bridgehead atoms. The van der Waals surface area contributed by atoms with Gasteiger partial charge in [-0.3, -0.25) is 9.59 Å². The molecule has 0 aliphatic carbocycles. The van der Waals surface area contributed by atoms with Gasteiger partial charge in [0.05, 0.1) is 19.3 Å². The van der Waals surface area contributed by atoms with Crippen LogP contribution in [0.1, 0.15) is 29.0 Å². The molecule has 2 aromatic rings. The lowest BCUT2D eigenvalue weighted by molar-refractivity contribution is -0.126. The summed E-state index contributed by atoms with van der Waals surface area (Å²) in [5, 5.41) is 2.89. The Morgan fingerprint density at radius 3 is 2.83 bits per heavy atom. The van der Waals surface area contributed by atoms with Crippen LogP contribution in [-0.4, -0.2) is 50.1 Å². The molecule has 7 nitrogen and oxygen atoms in total.